The van der Waals surface area contributed by atoms with Crippen LogP contribution in [0.2, 0.25) is 0 Å². The third kappa shape index (κ3) is 5.33. The molecule has 2 fully saturated rings. The Labute approximate surface area is 161 Å². The second-order valence-electron chi connectivity index (χ2n) is 7.97. The van der Waals surface area contributed by atoms with Crippen molar-refractivity contribution in [3.05, 3.63) is 0 Å². The van der Waals surface area contributed by atoms with E-state index in [9.17, 15) is 31.4 Å². The van der Waals surface area contributed by atoms with Gasteiger partial charge in [-0.1, -0.05) is 26.2 Å². The fourth-order valence-corrected chi connectivity index (χ4v) is 4.33. The minimum atomic E-state index is -5.62. The van der Waals surface area contributed by atoms with Crippen LogP contribution in [0, 0.1) is 5.92 Å². The zero-order chi connectivity index (χ0) is 21.0. The topological polar surface area (TPSA) is 38.7 Å². The van der Waals surface area contributed by atoms with Crippen molar-refractivity contribution in [1.29, 1.82) is 0 Å². The average molecular weight is 420 g/mol. The molecule has 0 heterocycles. The second kappa shape index (κ2) is 9.51. The van der Waals surface area contributed by atoms with Gasteiger partial charge in [-0.25, -0.2) is 0 Å². The van der Waals surface area contributed by atoms with E-state index in [1.54, 1.807) is 0 Å². The molecule has 0 aromatic rings. The Bertz CT molecular complexity index is 451. The third-order valence-electron chi connectivity index (χ3n) is 6.00. The molecule has 0 spiro atoms. The molecule has 166 valence electrons. The Morgan fingerprint density at radius 1 is 0.821 bits per heavy atom. The maximum atomic E-state index is 13.7. The number of ether oxygens (including phenoxy) is 2. The van der Waals surface area contributed by atoms with Crippen LogP contribution in [0.5, 0.6) is 0 Å². The average Bonchev–Trinajstić information content (AvgIpc) is 2.61. The molecule has 0 aromatic carbocycles. The van der Waals surface area contributed by atoms with Crippen molar-refractivity contribution in [3.8, 4) is 0 Å². The largest absolute Gasteiger partial charge is 0.426 e. The Balaban J connectivity index is 2.10. The molecule has 0 radical (unpaired) electrons. The molecule has 2 aliphatic carbocycles. The van der Waals surface area contributed by atoms with Crippen LogP contribution in [0.4, 0.5) is 26.3 Å². The fraction of sp³-hybridized carbons (Fsp3) is 1.00. The van der Waals surface area contributed by atoms with Crippen LogP contribution in [0.1, 0.15) is 71.1 Å². The first-order chi connectivity index (χ1) is 13.0. The lowest BCUT2D eigenvalue weighted by molar-refractivity contribution is -0.402. The van der Waals surface area contributed by atoms with Crippen molar-refractivity contribution in [3.63, 3.8) is 0 Å². The smallest absolute Gasteiger partial charge is 0.391 e. The molecular formula is C19H30F6O3. The zero-order valence-electron chi connectivity index (χ0n) is 16.1. The van der Waals surface area contributed by atoms with Crippen LogP contribution in [-0.4, -0.2) is 48.0 Å². The van der Waals surface area contributed by atoms with Gasteiger partial charge < -0.3 is 14.6 Å². The number of halogens is 6. The lowest BCUT2D eigenvalue weighted by Gasteiger charge is -2.45. The number of hydrogen-bond donors (Lipinski definition) is 1. The van der Waals surface area contributed by atoms with Gasteiger partial charge in [-0.15, -0.1) is 0 Å². The second-order valence-corrected chi connectivity index (χ2v) is 7.97. The molecule has 2 saturated carbocycles. The molecular weight excluding hydrogens is 390 g/mol. The normalized spacial score (nSPS) is 27.0. The molecule has 9 heteroatoms. The van der Waals surface area contributed by atoms with Gasteiger partial charge in [0.1, 0.15) is 0 Å². The van der Waals surface area contributed by atoms with E-state index >= 15 is 0 Å². The van der Waals surface area contributed by atoms with Gasteiger partial charge in [-0.05, 0) is 44.9 Å². The first-order valence-corrected chi connectivity index (χ1v) is 10.1. The molecule has 1 atom stereocenters. The number of rotatable bonds is 7. The fourth-order valence-electron chi connectivity index (χ4n) is 4.33. The van der Waals surface area contributed by atoms with E-state index in [0.717, 1.165) is 32.1 Å². The summed E-state index contributed by atoms with van der Waals surface area (Å²) in [4.78, 5) is 0. The monoisotopic (exact) mass is 420 g/mol. The lowest BCUT2D eigenvalue weighted by atomic mass is 9.74. The molecule has 2 rings (SSSR count). The molecule has 0 bridgehead atoms. The first-order valence-electron chi connectivity index (χ1n) is 10.1. The van der Waals surface area contributed by atoms with Crippen molar-refractivity contribution in [2.45, 2.75) is 107 Å². The van der Waals surface area contributed by atoms with E-state index in [1.165, 1.54) is 6.92 Å². The standard InChI is InChI=1S/C19H30F6O3/c1-2-14(26)12-27-17(18(20,21)22,19(23,24)25)13-8-10-16(11-9-13)28-15-6-4-3-5-7-15/h13-16,26H,2-12H2,1H3. The van der Waals surface area contributed by atoms with E-state index in [1.807, 2.05) is 0 Å². The SMILES string of the molecule is CCC(O)COC(C1CCC(OC2CCCCC2)CC1)(C(F)(F)F)C(F)(F)F. The highest BCUT2D eigenvalue weighted by atomic mass is 19.4. The summed E-state index contributed by atoms with van der Waals surface area (Å²) in [6.07, 6.45) is -8.13. The summed E-state index contributed by atoms with van der Waals surface area (Å²) in [5.41, 5.74) is -4.26. The van der Waals surface area contributed by atoms with E-state index in [-0.39, 0.29) is 44.3 Å². The quantitative estimate of drug-likeness (QED) is 0.549. The Morgan fingerprint density at radius 3 is 1.79 bits per heavy atom. The van der Waals surface area contributed by atoms with Crippen molar-refractivity contribution in [2.24, 2.45) is 5.92 Å². The van der Waals surface area contributed by atoms with Crippen LogP contribution >= 0.6 is 0 Å². The minimum Gasteiger partial charge on any atom is -0.391 e. The third-order valence-corrected chi connectivity index (χ3v) is 6.00. The van der Waals surface area contributed by atoms with Crippen LogP contribution < -0.4 is 0 Å². The summed E-state index contributed by atoms with van der Waals surface area (Å²) in [5.74, 6) is -1.75. The number of aliphatic hydroxyl groups is 1. The minimum absolute atomic E-state index is 0.00770. The van der Waals surface area contributed by atoms with Crippen LogP contribution in [-0.2, 0) is 9.47 Å². The maximum Gasteiger partial charge on any atom is 0.426 e. The van der Waals surface area contributed by atoms with E-state index < -0.39 is 36.6 Å². The van der Waals surface area contributed by atoms with Crippen molar-refractivity contribution < 1.29 is 40.9 Å². The summed E-state index contributed by atoms with van der Waals surface area (Å²) in [6, 6.07) is 0. The van der Waals surface area contributed by atoms with Gasteiger partial charge >= 0.3 is 12.4 Å². The molecule has 0 saturated heterocycles. The van der Waals surface area contributed by atoms with Crippen molar-refractivity contribution >= 4 is 0 Å². The summed E-state index contributed by atoms with van der Waals surface area (Å²) < 4.78 is 92.8. The van der Waals surface area contributed by atoms with Crippen molar-refractivity contribution in [2.75, 3.05) is 6.61 Å². The summed E-state index contributed by atoms with van der Waals surface area (Å²) >= 11 is 0. The Morgan fingerprint density at radius 2 is 1.32 bits per heavy atom. The Hall–Kier alpha value is -0.540. The summed E-state index contributed by atoms with van der Waals surface area (Å²) in [6.45, 7) is 0.457. The number of hydrogen-bond acceptors (Lipinski definition) is 3. The van der Waals surface area contributed by atoms with Crippen LogP contribution in [0.3, 0.4) is 0 Å². The van der Waals surface area contributed by atoms with Gasteiger partial charge in [-0.3, -0.25) is 0 Å². The number of alkyl halides is 6. The van der Waals surface area contributed by atoms with Gasteiger partial charge in [0.2, 0.25) is 0 Å². The molecule has 0 aromatic heterocycles. The summed E-state index contributed by atoms with van der Waals surface area (Å²) in [7, 11) is 0. The van der Waals surface area contributed by atoms with Gasteiger partial charge in [0.15, 0.2) is 0 Å². The maximum absolute atomic E-state index is 13.7. The molecule has 2 aliphatic rings. The van der Waals surface area contributed by atoms with Crippen LogP contribution in [0.25, 0.3) is 0 Å². The van der Waals surface area contributed by atoms with E-state index in [2.05, 4.69) is 4.74 Å². The molecule has 3 nitrogen and oxygen atoms in total. The predicted molar refractivity (Wildman–Crippen MR) is 90.8 cm³/mol. The molecule has 0 aliphatic heterocycles. The van der Waals surface area contributed by atoms with E-state index in [0.29, 0.717) is 0 Å². The highest BCUT2D eigenvalue weighted by Gasteiger charge is 2.75. The van der Waals surface area contributed by atoms with Gasteiger partial charge in [0.05, 0.1) is 24.9 Å². The molecule has 1 N–H and O–H groups in total. The molecule has 28 heavy (non-hydrogen) atoms. The number of aliphatic hydroxyl groups excluding tert-OH is 1. The van der Waals surface area contributed by atoms with Gasteiger partial charge in [0.25, 0.3) is 5.60 Å². The van der Waals surface area contributed by atoms with Crippen LogP contribution in [0.15, 0.2) is 0 Å². The van der Waals surface area contributed by atoms with Gasteiger partial charge in [-0.2, -0.15) is 26.3 Å². The zero-order valence-corrected chi connectivity index (χ0v) is 16.1. The summed E-state index contributed by atoms with van der Waals surface area (Å²) in [5, 5.41) is 9.50. The van der Waals surface area contributed by atoms with Crippen molar-refractivity contribution in [1.82, 2.24) is 0 Å². The first kappa shape index (κ1) is 23.7. The highest BCUT2D eigenvalue weighted by Crippen LogP contribution is 2.54. The Kier molecular flexibility index (Phi) is 8.06. The van der Waals surface area contributed by atoms with E-state index in [4.69, 9.17) is 4.74 Å². The van der Waals surface area contributed by atoms with Gasteiger partial charge in [0, 0.05) is 5.92 Å². The molecule has 0 amide bonds. The molecule has 1 unspecified atom stereocenters. The highest BCUT2D eigenvalue weighted by molar-refractivity contribution is 5.03. The lowest BCUT2D eigenvalue weighted by Crippen LogP contribution is -2.64. The predicted octanol–water partition coefficient (Wildman–Crippen LogP) is 5.55.